The predicted octanol–water partition coefficient (Wildman–Crippen LogP) is 5.21. The Morgan fingerprint density at radius 2 is 2.15 bits per heavy atom. The molecule has 0 aliphatic heterocycles. The van der Waals surface area contributed by atoms with E-state index < -0.39 is 0 Å². The monoisotopic (exact) mass is 368 g/mol. The summed E-state index contributed by atoms with van der Waals surface area (Å²) in [5.41, 5.74) is 2.83. The van der Waals surface area contributed by atoms with Crippen LogP contribution in [0, 0.1) is 6.92 Å². The number of carbonyl (C=O) groups excluding carboxylic acids is 1. The Labute approximate surface area is 158 Å². The summed E-state index contributed by atoms with van der Waals surface area (Å²) in [7, 11) is 1.82. The van der Waals surface area contributed by atoms with Crippen molar-refractivity contribution >= 4 is 34.3 Å². The summed E-state index contributed by atoms with van der Waals surface area (Å²) >= 11 is 1.58. The molecule has 4 nitrogen and oxygen atoms in total. The van der Waals surface area contributed by atoms with Gasteiger partial charge in [0.25, 0.3) is 0 Å². The highest BCUT2D eigenvalue weighted by molar-refractivity contribution is 7.09. The Bertz CT molecular complexity index is 923. The first-order valence-corrected chi connectivity index (χ1v) is 9.81. The number of amides is 1. The summed E-state index contributed by atoms with van der Waals surface area (Å²) in [4.78, 5) is 18.6. The third-order valence-corrected chi connectivity index (χ3v) is 5.14. The van der Waals surface area contributed by atoms with Crippen molar-refractivity contribution in [3.63, 3.8) is 0 Å². The molecule has 5 heteroatoms. The van der Waals surface area contributed by atoms with Gasteiger partial charge >= 0.3 is 0 Å². The van der Waals surface area contributed by atoms with Crippen LogP contribution >= 0.6 is 11.3 Å². The largest absolute Gasteiger partial charge is 0.461 e. The molecule has 0 spiro atoms. The molecular weight excluding hydrogens is 344 g/mol. The van der Waals surface area contributed by atoms with Crippen molar-refractivity contribution in [3.8, 4) is 0 Å². The van der Waals surface area contributed by atoms with Crippen molar-refractivity contribution in [2.24, 2.45) is 0 Å². The van der Waals surface area contributed by atoms with E-state index in [1.807, 2.05) is 37.6 Å². The molecule has 1 amide bonds. The quantitative estimate of drug-likeness (QED) is 0.538. The van der Waals surface area contributed by atoms with E-state index in [9.17, 15) is 4.79 Å². The number of aromatic nitrogens is 1. The van der Waals surface area contributed by atoms with Crippen molar-refractivity contribution < 1.29 is 9.21 Å². The smallest absolute Gasteiger partial charge is 0.246 e. The van der Waals surface area contributed by atoms with Gasteiger partial charge in [0.05, 0.1) is 10.7 Å². The molecule has 0 atom stereocenters. The summed E-state index contributed by atoms with van der Waals surface area (Å²) < 4.78 is 6.05. The van der Waals surface area contributed by atoms with Gasteiger partial charge in [-0.15, -0.1) is 11.3 Å². The third-order valence-electron chi connectivity index (χ3n) is 4.34. The maximum Gasteiger partial charge on any atom is 0.246 e. The van der Waals surface area contributed by atoms with E-state index in [1.165, 1.54) is 0 Å². The van der Waals surface area contributed by atoms with Crippen molar-refractivity contribution in [3.05, 3.63) is 57.7 Å². The Hall–Kier alpha value is -2.40. The van der Waals surface area contributed by atoms with Crippen LogP contribution in [0.1, 0.15) is 41.8 Å². The molecule has 1 aromatic carbocycles. The number of para-hydroxylation sites is 1. The van der Waals surface area contributed by atoms with Crippen molar-refractivity contribution in [2.75, 3.05) is 7.05 Å². The first-order chi connectivity index (χ1) is 12.6. The Morgan fingerprint density at radius 3 is 2.88 bits per heavy atom. The fourth-order valence-corrected chi connectivity index (χ4v) is 3.50. The third kappa shape index (κ3) is 4.22. The summed E-state index contributed by atoms with van der Waals surface area (Å²) in [6.07, 6.45) is 6.45. The minimum atomic E-state index is -0.0395. The van der Waals surface area contributed by atoms with E-state index >= 15 is 0 Å². The molecule has 0 radical (unpaired) electrons. The number of unbranched alkanes of at least 4 members (excludes halogenated alkanes) is 1. The van der Waals surface area contributed by atoms with Gasteiger partial charge in [-0.3, -0.25) is 4.79 Å². The predicted molar refractivity (Wildman–Crippen MR) is 107 cm³/mol. The average molecular weight is 369 g/mol. The highest BCUT2D eigenvalue weighted by Crippen LogP contribution is 2.28. The van der Waals surface area contributed by atoms with Gasteiger partial charge < -0.3 is 9.32 Å². The summed E-state index contributed by atoms with van der Waals surface area (Å²) in [5.74, 6) is 0.953. The number of likely N-dealkylation sites (N-methyl/N-ethyl adjacent to an activating group) is 1. The van der Waals surface area contributed by atoms with Gasteiger partial charge in [0.2, 0.25) is 5.91 Å². The van der Waals surface area contributed by atoms with Crippen LogP contribution in [0.5, 0.6) is 0 Å². The molecular formula is C21H24N2O2S. The standard InChI is InChI=1S/C21H24N2O2S/c1-4-5-9-20-18(17-8-6-7-10-19(17)25-20)13-23(3)21(24)12-11-16-14-26-15(2)22-16/h6-8,10-12,14H,4-5,9,13H2,1-3H3. The van der Waals surface area contributed by atoms with Gasteiger partial charge in [0.1, 0.15) is 11.3 Å². The van der Waals surface area contributed by atoms with E-state index in [1.54, 1.807) is 28.4 Å². The first-order valence-electron chi connectivity index (χ1n) is 8.93. The van der Waals surface area contributed by atoms with Gasteiger partial charge in [0.15, 0.2) is 0 Å². The van der Waals surface area contributed by atoms with E-state index in [2.05, 4.69) is 18.0 Å². The number of benzene rings is 1. The number of nitrogens with zero attached hydrogens (tertiary/aromatic N) is 2. The first kappa shape index (κ1) is 18.4. The zero-order valence-electron chi connectivity index (χ0n) is 15.5. The van der Waals surface area contributed by atoms with Crippen LogP contribution in [0.25, 0.3) is 17.0 Å². The van der Waals surface area contributed by atoms with E-state index in [-0.39, 0.29) is 5.91 Å². The molecule has 26 heavy (non-hydrogen) atoms. The Balaban J connectivity index is 1.78. The second-order valence-corrected chi connectivity index (χ2v) is 7.48. The number of aryl methyl sites for hydroxylation is 2. The van der Waals surface area contributed by atoms with Gasteiger partial charge in [0, 0.05) is 42.4 Å². The topological polar surface area (TPSA) is 46.3 Å². The van der Waals surface area contributed by atoms with Crippen LogP contribution in [-0.2, 0) is 17.8 Å². The molecule has 0 N–H and O–H groups in total. The van der Waals surface area contributed by atoms with E-state index in [0.29, 0.717) is 6.54 Å². The number of rotatable bonds is 7. The summed E-state index contributed by atoms with van der Waals surface area (Å²) in [6, 6.07) is 8.04. The molecule has 0 unspecified atom stereocenters. The number of hydrogen-bond donors (Lipinski definition) is 0. The molecule has 136 valence electrons. The van der Waals surface area contributed by atoms with Gasteiger partial charge in [-0.05, 0) is 25.5 Å². The van der Waals surface area contributed by atoms with E-state index in [0.717, 1.165) is 52.3 Å². The molecule has 0 fully saturated rings. The SMILES string of the molecule is CCCCc1oc2ccccc2c1CN(C)C(=O)C=Cc1csc(C)n1. The highest BCUT2D eigenvalue weighted by atomic mass is 32.1. The van der Waals surface area contributed by atoms with Crippen molar-refractivity contribution in [1.29, 1.82) is 0 Å². The number of carbonyl (C=O) groups is 1. The van der Waals surface area contributed by atoms with Crippen molar-refractivity contribution in [1.82, 2.24) is 9.88 Å². The zero-order chi connectivity index (χ0) is 18.5. The fourth-order valence-electron chi connectivity index (χ4n) is 2.92. The van der Waals surface area contributed by atoms with Gasteiger partial charge in [-0.1, -0.05) is 31.5 Å². The lowest BCUT2D eigenvalue weighted by molar-refractivity contribution is -0.125. The number of hydrogen-bond acceptors (Lipinski definition) is 4. The van der Waals surface area contributed by atoms with Gasteiger partial charge in [-0.2, -0.15) is 0 Å². The van der Waals surface area contributed by atoms with Crippen LogP contribution < -0.4 is 0 Å². The van der Waals surface area contributed by atoms with Crippen LogP contribution in [0.4, 0.5) is 0 Å². The van der Waals surface area contributed by atoms with Crippen LogP contribution in [0.15, 0.2) is 40.1 Å². The number of fused-ring (bicyclic) bond motifs is 1. The molecule has 3 aromatic rings. The molecule has 0 saturated heterocycles. The second kappa shape index (κ2) is 8.32. The van der Waals surface area contributed by atoms with Crippen LogP contribution in [-0.4, -0.2) is 22.8 Å². The molecule has 0 bridgehead atoms. The lowest BCUT2D eigenvalue weighted by Gasteiger charge is -2.15. The molecule has 2 heterocycles. The molecule has 3 rings (SSSR count). The maximum absolute atomic E-state index is 12.5. The lowest BCUT2D eigenvalue weighted by Crippen LogP contribution is -2.24. The minimum absolute atomic E-state index is 0.0395. The minimum Gasteiger partial charge on any atom is -0.461 e. The lowest BCUT2D eigenvalue weighted by atomic mass is 10.1. The Morgan fingerprint density at radius 1 is 1.35 bits per heavy atom. The fraction of sp³-hybridized carbons (Fsp3) is 0.333. The summed E-state index contributed by atoms with van der Waals surface area (Å²) in [6.45, 7) is 4.66. The number of thiazole rings is 1. The molecule has 2 aromatic heterocycles. The van der Waals surface area contributed by atoms with Crippen LogP contribution in [0.2, 0.25) is 0 Å². The maximum atomic E-state index is 12.5. The summed E-state index contributed by atoms with van der Waals surface area (Å²) in [5, 5.41) is 4.04. The second-order valence-electron chi connectivity index (χ2n) is 6.42. The Kier molecular flexibility index (Phi) is 5.89. The number of furan rings is 1. The average Bonchev–Trinajstić information content (AvgIpc) is 3.21. The highest BCUT2D eigenvalue weighted by Gasteiger charge is 2.17. The zero-order valence-corrected chi connectivity index (χ0v) is 16.3. The molecule has 0 aliphatic carbocycles. The van der Waals surface area contributed by atoms with Crippen LogP contribution in [0.3, 0.4) is 0 Å². The van der Waals surface area contributed by atoms with Gasteiger partial charge in [-0.25, -0.2) is 4.98 Å². The normalized spacial score (nSPS) is 11.5. The van der Waals surface area contributed by atoms with Crippen molar-refractivity contribution in [2.45, 2.75) is 39.7 Å². The molecule has 0 aliphatic rings. The van der Waals surface area contributed by atoms with E-state index in [4.69, 9.17) is 4.42 Å². The molecule has 0 saturated carbocycles.